The second-order valence-corrected chi connectivity index (χ2v) is 18.3. The number of rotatable bonds is 48. The minimum absolute atomic E-state index is 0.0475. The highest BCUT2D eigenvalue weighted by Crippen LogP contribution is 2.18. The van der Waals surface area contributed by atoms with Crippen LogP contribution in [0.4, 0.5) is 0 Å². The van der Waals surface area contributed by atoms with Gasteiger partial charge in [0, 0.05) is 6.42 Å². The molecule has 0 fully saturated rings. The summed E-state index contributed by atoms with van der Waals surface area (Å²) in [7, 11) is 0. The quantitative estimate of drug-likeness (QED) is 0.0321. The van der Waals surface area contributed by atoms with Gasteiger partial charge in [-0.05, 0) is 64.2 Å². The largest absolute Gasteiger partial charge is 0.462 e. The number of amides is 1. The Morgan fingerprint density at radius 2 is 0.812 bits per heavy atom. The third-order valence-corrected chi connectivity index (χ3v) is 12.1. The Bertz CT molecular complexity index is 1190. The Labute approximate surface area is 396 Å². The Balaban J connectivity index is 4.67. The van der Waals surface area contributed by atoms with Gasteiger partial charge in [0.2, 0.25) is 5.91 Å². The molecule has 0 aromatic rings. The van der Waals surface area contributed by atoms with Crippen molar-refractivity contribution in [3.8, 4) is 0 Å². The van der Waals surface area contributed by atoms with Crippen LogP contribution in [0.3, 0.4) is 0 Å². The third-order valence-electron chi connectivity index (χ3n) is 12.1. The van der Waals surface area contributed by atoms with Gasteiger partial charge in [-0.25, -0.2) is 0 Å². The molecule has 3 N–H and O–H groups in total. The standard InChI is InChI=1S/C58H103NO5/c1-4-7-10-13-16-19-22-24-26-28-29-30-32-34-36-39-42-45-48-51-58(63)64-54(49-46-43-40-37-35-33-31-27-25-23-20-17-14-11-8-5-2)52-57(62)59-55(53-60)56(61)50-47-44-41-38-21-18-15-12-9-6-3/h7,10,16,19,24,26,29-30,34,36,42,45,54-56,60-61H,4-6,8-9,11-15,17-18,20-23,25,27-28,31-33,35,37-41,43-44,46-53H2,1-3H3,(H,59,62)/b10-7-,19-16-,26-24-,30-29-,36-34-,45-42-. The van der Waals surface area contributed by atoms with Crippen molar-refractivity contribution >= 4 is 11.9 Å². The van der Waals surface area contributed by atoms with Crippen molar-refractivity contribution in [3.63, 3.8) is 0 Å². The van der Waals surface area contributed by atoms with E-state index >= 15 is 0 Å². The molecule has 0 saturated heterocycles. The Hall–Kier alpha value is -2.70. The lowest BCUT2D eigenvalue weighted by atomic mass is 10.0. The molecule has 0 aliphatic rings. The van der Waals surface area contributed by atoms with Crippen LogP contribution in [-0.2, 0) is 14.3 Å². The average Bonchev–Trinajstić information content (AvgIpc) is 3.29. The van der Waals surface area contributed by atoms with Gasteiger partial charge in [-0.2, -0.15) is 0 Å². The zero-order valence-corrected chi connectivity index (χ0v) is 42.1. The molecular weight excluding hydrogens is 791 g/mol. The Kier molecular flexibility index (Phi) is 49.1. The van der Waals surface area contributed by atoms with Gasteiger partial charge in [0.1, 0.15) is 6.10 Å². The summed E-state index contributed by atoms with van der Waals surface area (Å²) in [4.78, 5) is 26.2. The summed E-state index contributed by atoms with van der Waals surface area (Å²) in [5.41, 5.74) is 0. The molecule has 0 spiro atoms. The molecule has 0 aliphatic carbocycles. The van der Waals surface area contributed by atoms with E-state index in [-0.39, 0.29) is 31.3 Å². The molecule has 0 aromatic carbocycles. The second kappa shape index (κ2) is 51.3. The highest BCUT2D eigenvalue weighted by molar-refractivity contribution is 5.77. The van der Waals surface area contributed by atoms with Crippen LogP contribution < -0.4 is 5.32 Å². The number of nitrogens with one attached hydrogen (secondary N) is 1. The fraction of sp³-hybridized carbons (Fsp3) is 0.759. The predicted molar refractivity (Wildman–Crippen MR) is 278 cm³/mol. The molecule has 3 atom stereocenters. The first-order valence-corrected chi connectivity index (χ1v) is 27.2. The van der Waals surface area contributed by atoms with E-state index in [0.29, 0.717) is 19.3 Å². The van der Waals surface area contributed by atoms with Gasteiger partial charge in [-0.3, -0.25) is 9.59 Å². The molecule has 370 valence electrons. The SMILES string of the molecule is CC/C=C\C/C=C\C/C=C\C/C=C\C/C=C\C/C=C\CCC(=O)OC(CCCCCCCCCCCCCCCCCC)CC(=O)NC(CO)C(O)CCCCCCCCCCCC. The summed E-state index contributed by atoms with van der Waals surface area (Å²) in [6, 6.07) is -0.717. The lowest BCUT2D eigenvalue weighted by Crippen LogP contribution is -2.46. The molecule has 0 rings (SSSR count). The fourth-order valence-electron chi connectivity index (χ4n) is 7.99. The summed E-state index contributed by atoms with van der Waals surface area (Å²) in [5.74, 6) is -0.569. The van der Waals surface area contributed by atoms with Crippen molar-refractivity contribution in [2.24, 2.45) is 0 Å². The molecular formula is C58H103NO5. The molecule has 64 heavy (non-hydrogen) atoms. The smallest absolute Gasteiger partial charge is 0.306 e. The van der Waals surface area contributed by atoms with E-state index in [2.05, 4.69) is 92.9 Å². The van der Waals surface area contributed by atoms with Crippen molar-refractivity contribution in [2.45, 2.75) is 277 Å². The number of hydrogen-bond acceptors (Lipinski definition) is 5. The maximum absolute atomic E-state index is 13.2. The van der Waals surface area contributed by atoms with Crippen LogP contribution in [0.2, 0.25) is 0 Å². The molecule has 0 aliphatic heterocycles. The van der Waals surface area contributed by atoms with Gasteiger partial charge >= 0.3 is 5.97 Å². The minimum Gasteiger partial charge on any atom is -0.462 e. The van der Waals surface area contributed by atoms with Gasteiger partial charge < -0.3 is 20.3 Å². The molecule has 1 amide bonds. The van der Waals surface area contributed by atoms with Gasteiger partial charge in [-0.1, -0.05) is 254 Å². The topological polar surface area (TPSA) is 95.9 Å². The van der Waals surface area contributed by atoms with Crippen LogP contribution >= 0.6 is 0 Å². The van der Waals surface area contributed by atoms with Crippen LogP contribution in [0.25, 0.3) is 0 Å². The predicted octanol–water partition coefficient (Wildman–Crippen LogP) is 16.6. The van der Waals surface area contributed by atoms with Crippen LogP contribution in [-0.4, -0.2) is 46.9 Å². The molecule has 0 bridgehead atoms. The van der Waals surface area contributed by atoms with Gasteiger partial charge in [0.25, 0.3) is 0 Å². The van der Waals surface area contributed by atoms with Crippen LogP contribution in [0.15, 0.2) is 72.9 Å². The van der Waals surface area contributed by atoms with E-state index in [1.54, 1.807) is 0 Å². The number of allylic oxidation sites excluding steroid dienone is 12. The molecule has 6 nitrogen and oxygen atoms in total. The molecule has 3 unspecified atom stereocenters. The van der Waals surface area contributed by atoms with Crippen LogP contribution in [0, 0.1) is 0 Å². The first-order valence-electron chi connectivity index (χ1n) is 27.2. The van der Waals surface area contributed by atoms with E-state index in [0.717, 1.165) is 77.0 Å². The van der Waals surface area contributed by atoms with Gasteiger partial charge in [-0.15, -0.1) is 0 Å². The zero-order chi connectivity index (χ0) is 46.7. The summed E-state index contributed by atoms with van der Waals surface area (Å²) in [5, 5.41) is 23.7. The first-order chi connectivity index (χ1) is 31.5. The maximum atomic E-state index is 13.2. The average molecular weight is 894 g/mol. The summed E-state index contributed by atoms with van der Waals surface area (Å²) < 4.78 is 5.91. The van der Waals surface area contributed by atoms with E-state index < -0.39 is 18.2 Å². The number of hydrogen-bond donors (Lipinski definition) is 3. The first kappa shape index (κ1) is 61.3. The third kappa shape index (κ3) is 45.9. The van der Waals surface area contributed by atoms with E-state index in [4.69, 9.17) is 4.74 Å². The maximum Gasteiger partial charge on any atom is 0.306 e. The number of ether oxygens (including phenoxy) is 1. The monoisotopic (exact) mass is 894 g/mol. The van der Waals surface area contributed by atoms with Gasteiger partial charge in [0.15, 0.2) is 0 Å². The van der Waals surface area contributed by atoms with Crippen molar-refractivity contribution in [3.05, 3.63) is 72.9 Å². The van der Waals surface area contributed by atoms with Crippen molar-refractivity contribution in [2.75, 3.05) is 6.61 Å². The number of aliphatic hydroxyl groups is 2. The van der Waals surface area contributed by atoms with Crippen molar-refractivity contribution < 1.29 is 24.5 Å². The second-order valence-electron chi connectivity index (χ2n) is 18.3. The van der Waals surface area contributed by atoms with Gasteiger partial charge in [0.05, 0.1) is 25.2 Å². The zero-order valence-electron chi connectivity index (χ0n) is 42.1. The highest BCUT2D eigenvalue weighted by atomic mass is 16.5. The van der Waals surface area contributed by atoms with Crippen molar-refractivity contribution in [1.29, 1.82) is 0 Å². The summed E-state index contributed by atoms with van der Waals surface area (Å²) >= 11 is 0. The lowest BCUT2D eigenvalue weighted by Gasteiger charge is -2.24. The van der Waals surface area contributed by atoms with E-state index in [9.17, 15) is 19.8 Å². The molecule has 0 radical (unpaired) electrons. The normalized spacial score (nSPS) is 13.8. The number of esters is 1. The summed E-state index contributed by atoms with van der Waals surface area (Å²) in [6.07, 6.45) is 65.5. The molecule has 0 heterocycles. The molecule has 6 heteroatoms. The Morgan fingerprint density at radius 1 is 0.469 bits per heavy atom. The number of aliphatic hydroxyl groups excluding tert-OH is 2. The highest BCUT2D eigenvalue weighted by Gasteiger charge is 2.24. The van der Waals surface area contributed by atoms with Crippen molar-refractivity contribution in [1.82, 2.24) is 5.32 Å². The number of unbranched alkanes of at least 4 members (excludes halogenated alkanes) is 24. The van der Waals surface area contributed by atoms with E-state index in [1.165, 1.54) is 128 Å². The van der Waals surface area contributed by atoms with E-state index in [1.807, 2.05) is 6.08 Å². The van der Waals surface area contributed by atoms with Crippen LogP contribution in [0.5, 0.6) is 0 Å². The summed E-state index contributed by atoms with van der Waals surface area (Å²) in [6.45, 7) is 6.36. The molecule has 0 saturated carbocycles. The van der Waals surface area contributed by atoms with Crippen LogP contribution in [0.1, 0.15) is 258 Å². The number of carbonyl (C=O) groups excluding carboxylic acids is 2. The number of carbonyl (C=O) groups is 2. The molecule has 0 aromatic heterocycles. The minimum atomic E-state index is -0.800. The Morgan fingerprint density at radius 3 is 1.19 bits per heavy atom. The lowest BCUT2D eigenvalue weighted by molar-refractivity contribution is -0.150. The fourth-order valence-corrected chi connectivity index (χ4v) is 7.99.